The smallest absolute Gasteiger partial charge is 0.328 e. The molecule has 4 heteroatoms. The van der Waals surface area contributed by atoms with E-state index in [1.807, 2.05) is 0 Å². The fourth-order valence-corrected chi connectivity index (χ4v) is 1.03. The predicted molar refractivity (Wildman–Crippen MR) is 53.4 cm³/mol. The number of carboxylic acid groups (broad SMARTS) is 1. The molecule has 0 aliphatic carbocycles. The monoisotopic (exact) mass is 193 g/mol. The maximum absolute atomic E-state index is 10.2. The van der Waals surface area contributed by atoms with Gasteiger partial charge < -0.3 is 15.9 Å². The first-order valence-electron chi connectivity index (χ1n) is 4.03. The van der Waals surface area contributed by atoms with E-state index in [9.17, 15) is 4.79 Å². The Balaban J connectivity index is 2.95. The molecule has 0 heterocycles. The second kappa shape index (κ2) is 4.43. The Bertz CT molecular complexity index is 372. The number of anilines is 1. The number of nitrogens with two attached hydrogens (primary N) is 1. The van der Waals surface area contributed by atoms with E-state index < -0.39 is 5.97 Å². The SMILES string of the molecule is Nc1ccc(/C=C/C(=O)O)cc1CO. The number of carbonyl (C=O) groups is 1. The van der Waals surface area contributed by atoms with E-state index in [4.69, 9.17) is 15.9 Å². The number of carboxylic acids is 1. The first kappa shape index (κ1) is 10.3. The van der Waals surface area contributed by atoms with Crippen LogP contribution in [0.4, 0.5) is 5.69 Å². The number of aliphatic carboxylic acids is 1. The van der Waals surface area contributed by atoms with E-state index in [-0.39, 0.29) is 6.61 Å². The summed E-state index contributed by atoms with van der Waals surface area (Å²) in [6.07, 6.45) is 2.48. The van der Waals surface area contributed by atoms with E-state index in [2.05, 4.69) is 0 Å². The van der Waals surface area contributed by atoms with Crippen LogP contribution in [0.25, 0.3) is 6.08 Å². The van der Waals surface area contributed by atoms with Crippen LogP contribution < -0.4 is 5.73 Å². The van der Waals surface area contributed by atoms with Crippen molar-refractivity contribution in [2.75, 3.05) is 5.73 Å². The van der Waals surface area contributed by atoms with Crippen LogP contribution in [0.5, 0.6) is 0 Å². The van der Waals surface area contributed by atoms with Gasteiger partial charge in [-0.05, 0) is 23.8 Å². The van der Waals surface area contributed by atoms with Gasteiger partial charge in [-0.1, -0.05) is 6.07 Å². The summed E-state index contributed by atoms with van der Waals surface area (Å²) in [5.74, 6) is -1.01. The van der Waals surface area contributed by atoms with Gasteiger partial charge in [-0.25, -0.2) is 4.79 Å². The molecule has 1 aromatic carbocycles. The van der Waals surface area contributed by atoms with Crippen molar-refractivity contribution in [1.82, 2.24) is 0 Å². The van der Waals surface area contributed by atoms with Crippen molar-refractivity contribution >= 4 is 17.7 Å². The molecular weight excluding hydrogens is 182 g/mol. The molecule has 1 rings (SSSR count). The summed E-state index contributed by atoms with van der Waals surface area (Å²) < 4.78 is 0. The van der Waals surface area contributed by atoms with Gasteiger partial charge in [0, 0.05) is 17.3 Å². The Labute approximate surface area is 81.3 Å². The second-order valence-corrected chi connectivity index (χ2v) is 2.79. The summed E-state index contributed by atoms with van der Waals surface area (Å²) in [5, 5.41) is 17.3. The molecule has 0 amide bonds. The number of aliphatic hydroxyl groups excluding tert-OH is 1. The van der Waals surface area contributed by atoms with Crippen LogP contribution in [-0.2, 0) is 11.4 Å². The molecule has 0 bridgehead atoms. The first-order chi connectivity index (χ1) is 6.63. The van der Waals surface area contributed by atoms with Gasteiger partial charge in [-0.2, -0.15) is 0 Å². The zero-order valence-corrected chi connectivity index (χ0v) is 7.47. The Morgan fingerprint density at radius 1 is 1.50 bits per heavy atom. The zero-order valence-electron chi connectivity index (χ0n) is 7.47. The molecule has 1 aromatic rings. The molecule has 0 aromatic heterocycles. The minimum Gasteiger partial charge on any atom is -0.478 e. The first-order valence-corrected chi connectivity index (χ1v) is 4.03. The van der Waals surface area contributed by atoms with E-state index in [1.54, 1.807) is 18.2 Å². The van der Waals surface area contributed by atoms with Crippen LogP contribution in [0.3, 0.4) is 0 Å². The Hall–Kier alpha value is -1.81. The van der Waals surface area contributed by atoms with Crippen LogP contribution in [-0.4, -0.2) is 16.2 Å². The number of benzene rings is 1. The van der Waals surface area contributed by atoms with Crippen molar-refractivity contribution < 1.29 is 15.0 Å². The lowest BCUT2D eigenvalue weighted by molar-refractivity contribution is -0.131. The highest BCUT2D eigenvalue weighted by molar-refractivity contribution is 5.85. The lowest BCUT2D eigenvalue weighted by Gasteiger charge is -2.02. The normalized spacial score (nSPS) is 10.6. The van der Waals surface area contributed by atoms with E-state index in [0.717, 1.165) is 6.08 Å². The highest BCUT2D eigenvalue weighted by Gasteiger charge is 1.98. The lowest BCUT2D eigenvalue weighted by Crippen LogP contribution is -1.94. The average Bonchev–Trinajstić information content (AvgIpc) is 2.16. The molecule has 0 spiro atoms. The highest BCUT2D eigenvalue weighted by Crippen LogP contribution is 2.14. The highest BCUT2D eigenvalue weighted by atomic mass is 16.4. The van der Waals surface area contributed by atoms with Crippen LogP contribution in [0.2, 0.25) is 0 Å². The molecule has 0 saturated heterocycles. The molecule has 0 saturated carbocycles. The van der Waals surface area contributed by atoms with Crippen molar-refractivity contribution in [3.8, 4) is 0 Å². The van der Waals surface area contributed by atoms with Crippen molar-refractivity contribution in [3.05, 3.63) is 35.4 Å². The van der Waals surface area contributed by atoms with Gasteiger partial charge in [0.2, 0.25) is 0 Å². The number of aliphatic hydroxyl groups is 1. The van der Waals surface area contributed by atoms with Gasteiger partial charge in [-0.15, -0.1) is 0 Å². The molecule has 4 nitrogen and oxygen atoms in total. The zero-order chi connectivity index (χ0) is 10.6. The Morgan fingerprint density at radius 2 is 2.21 bits per heavy atom. The third kappa shape index (κ3) is 2.60. The number of rotatable bonds is 3. The summed E-state index contributed by atoms with van der Waals surface area (Å²) in [4.78, 5) is 10.2. The van der Waals surface area contributed by atoms with Crippen LogP contribution in [0.1, 0.15) is 11.1 Å². The van der Waals surface area contributed by atoms with E-state index >= 15 is 0 Å². The fourth-order valence-electron chi connectivity index (χ4n) is 1.03. The Morgan fingerprint density at radius 3 is 2.79 bits per heavy atom. The van der Waals surface area contributed by atoms with Gasteiger partial charge in [-0.3, -0.25) is 0 Å². The fraction of sp³-hybridized carbons (Fsp3) is 0.100. The largest absolute Gasteiger partial charge is 0.478 e. The Kier molecular flexibility index (Phi) is 3.25. The number of nitrogen functional groups attached to an aromatic ring is 1. The van der Waals surface area contributed by atoms with Crippen LogP contribution >= 0.6 is 0 Å². The van der Waals surface area contributed by atoms with Gasteiger partial charge in [0.05, 0.1) is 6.61 Å². The van der Waals surface area contributed by atoms with Crippen molar-refractivity contribution in [3.63, 3.8) is 0 Å². The van der Waals surface area contributed by atoms with Gasteiger partial charge in [0.25, 0.3) is 0 Å². The molecule has 0 aliphatic rings. The lowest BCUT2D eigenvalue weighted by atomic mass is 10.1. The minimum absolute atomic E-state index is 0.152. The summed E-state index contributed by atoms with van der Waals surface area (Å²) in [5.41, 5.74) is 7.35. The van der Waals surface area contributed by atoms with Crippen LogP contribution in [0.15, 0.2) is 24.3 Å². The van der Waals surface area contributed by atoms with Gasteiger partial charge >= 0.3 is 5.97 Å². The molecule has 0 unspecified atom stereocenters. The minimum atomic E-state index is -1.01. The van der Waals surface area contributed by atoms with Crippen molar-refractivity contribution in [2.24, 2.45) is 0 Å². The summed E-state index contributed by atoms with van der Waals surface area (Å²) in [7, 11) is 0. The summed E-state index contributed by atoms with van der Waals surface area (Å²) in [6, 6.07) is 4.97. The predicted octanol–water partition coefficient (Wildman–Crippen LogP) is 0.859. The molecule has 0 atom stereocenters. The third-order valence-electron chi connectivity index (χ3n) is 1.76. The average molecular weight is 193 g/mol. The molecule has 14 heavy (non-hydrogen) atoms. The topological polar surface area (TPSA) is 83.6 Å². The second-order valence-electron chi connectivity index (χ2n) is 2.79. The van der Waals surface area contributed by atoms with Crippen LogP contribution in [0, 0.1) is 0 Å². The van der Waals surface area contributed by atoms with Gasteiger partial charge in [0.15, 0.2) is 0 Å². The molecule has 74 valence electrons. The standard InChI is InChI=1S/C10H11NO3/c11-9-3-1-7(2-4-10(13)14)5-8(9)6-12/h1-5,12H,6,11H2,(H,13,14)/b4-2+. The van der Waals surface area contributed by atoms with Gasteiger partial charge in [0.1, 0.15) is 0 Å². The maximum Gasteiger partial charge on any atom is 0.328 e. The van der Waals surface area contributed by atoms with Crippen molar-refractivity contribution in [2.45, 2.75) is 6.61 Å². The van der Waals surface area contributed by atoms with E-state index in [0.29, 0.717) is 16.8 Å². The number of hydrogen-bond donors (Lipinski definition) is 3. The summed E-state index contributed by atoms with van der Waals surface area (Å²) in [6.45, 7) is -0.152. The molecule has 0 radical (unpaired) electrons. The maximum atomic E-state index is 10.2. The quantitative estimate of drug-likeness (QED) is 0.491. The summed E-state index contributed by atoms with van der Waals surface area (Å²) >= 11 is 0. The number of hydrogen-bond acceptors (Lipinski definition) is 3. The molecular formula is C10H11NO3. The molecule has 4 N–H and O–H groups in total. The molecule has 0 aliphatic heterocycles. The molecule has 0 fully saturated rings. The van der Waals surface area contributed by atoms with E-state index in [1.165, 1.54) is 6.08 Å². The third-order valence-corrected chi connectivity index (χ3v) is 1.76. The van der Waals surface area contributed by atoms with Crippen molar-refractivity contribution in [1.29, 1.82) is 0 Å².